The van der Waals surface area contributed by atoms with Gasteiger partial charge >= 0.3 is 0 Å². The molecule has 2 N–H and O–H groups in total. The molecule has 2 heteroatoms. The average molecular weight is 311 g/mol. The second-order valence-corrected chi connectivity index (χ2v) is 7.90. The van der Waals surface area contributed by atoms with E-state index in [9.17, 15) is 0 Å². The number of unbranched alkanes of at least 4 members (excludes halogenated alkanes) is 6. The van der Waals surface area contributed by atoms with Gasteiger partial charge in [-0.05, 0) is 50.7 Å². The molecule has 2 nitrogen and oxygen atoms in total. The van der Waals surface area contributed by atoms with Crippen LogP contribution in [0.2, 0.25) is 0 Å². The van der Waals surface area contributed by atoms with Crippen molar-refractivity contribution in [3.63, 3.8) is 0 Å². The van der Waals surface area contributed by atoms with Crippen LogP contribution in [0.3, 0.4) is 0 Å². The first-order chi connectivity index (χ1) is 10.6. The van der Waals surface area contributed by atoms with Gasteiger partial charge in [-0.15, -0.1) is 0 Å². The minimum atomic E-state index is 0.408. The number of nitrogens with zero attached hydrogens (tertiary/aromatic N) is 1. The summed E-state index contributed by atoms with van der Waals surface area (Å²) in [5, 5.41) is 0. The van der Waals surface area contributed by atoms with E-state index in [4.69, 9.17) is 5.73 Å². The molecule has 1 unspecified atom stereocenters. The Morgan fingerprint density at radius 3 is 1.91 bits per heavy atom. The average Bonchev–Trinajstić information content (AvgIpc) is 2.54. The monoisotopic (exact) mass is 310 g/mol. The van der Waals surface area contributed by atoms with E-state index < -0.39 is 0 Å². The molecule has 1 rings (SSSR count). The van der Waals surface area contributed by atoms with Crippen LogP contribution in [0.5, 0.6) is 0 Å². The molecule has 1 fully saturated rings. The van der Waals surface area contributed by atoms with Gasteiger partial charge in [0.25, 0.3) is 0 Å². The third-order valence-electron chi connectivity index (χ3n) is 5.80. The fraction of sp³-hybridized carbons (Fsp3) is 1.00. The second kappa shape index (κ2) is 11.5. The van der Waals surface area contributed by atoms with Gasteiger partial charge in [0.1, 0.15) is 0 Å². The van der Waals surface area contributed by atoms with E-state index in [2.05, 4.69) is 25.7 Å². The Labute approximate surface area is 140 Å². The summed E-state index contributed by atoms with van der Waals surface area (Å²) < 4.78 is 0. The Hall–Kier alpha value is -0.0800. The number of rotatable bonds is 12. The van der Waals surface area contributed by atoms with E-state index in [1.54, 1.807) is 0 Å². The van der Waals surface area contributed by atoms with Crippen molar-refractivity contribution in [1.29, 1.82) is 0 Å². The fourth-order valence-electron chi connectivity index (χ4n) is 3.76. The maximum atomic E-state index is 5.97. The number of piperidine rings is 1. The zero-order chi connectivity index (χ0) is 16.3. The Morgan fingerprint density at radius 1 is 0.864 bits per heavy atom. The molecule has 0 radical (unpaired) electrons. The van der Waals surface area contributed by atoms with Gasteiger partial charge in [0.05, 0.1) is 0 Å². The predicted octanol–water partition coefficient (Wildman–Crippen LogP) is 5.36. The van der Waals surface area contributed by atoms with Crippen LogP contribution >= 0.6 is 0 Å². The van der Waals surface area contributed by atoms with E-state index >= 15 is 0 Å². The molecule has 0 bridgehead atoms. The Morgan fingerprint density at radius 2 is 1.36 bits per heavy atom. The minimum absolute atomic E-state index is 0.408. The topological polar surface area (TPSA) is 29.3 Å². The minimum Gasteiger partial charge on any atom is -0.330 e. The maximum Gasteiger partial charge on any atom is 0.00952 e. The Bertz CT molecular complexity index is 256. The Kier molecular flexibility index (Phi) is 10.4. The van der Waals surface area contributed by atoms with Gasteiger partial charge in [-0.3, -0.25) is 0 Å². The van der Waals surface area contributed by atoms with Crippen LogP contribution in [0.15, 0.2) is 0 Å². The highest BCUT2D eigenvalue weighted by Gasteiger charge is 2.31. The van der Waals surface area contributed by atoms with E-state index in [1.165, 1.54) is 90.1 Å². The summed E-state index contributed by atoms with van der Waals surface area (Å²) in [4.78, 5) is 2.80. The zero-order valence-corrected chi connectivity index (χ0v) is 15.7. The van der Waals surface area contributed by atoms with Crippen LogP contribution in [-0.2, 0) is 0 Å². The third kappa shape index (κ3) is 7.46. The van der Waals surface area contributed by atoms with Crippen molar-refractivity contribution < 1.29 is 0 Å². The summed E-state index contributed by atoms with van der Waals surface area (Å²) in [6, 6.07) is 0.843. The lowest BCUT2D eigenvalue weighted by Crippen LogP contribution is -2.46. The molecule has 1 heterocycles. The highest BCUT2D eigenvalue weighted by Crippen LogP contribution is 2.32. The van der Waals surface area contributed by atoms with Crippen LogP contribution in [-0.4, -0.2) is 30.6 Å². The first-order valence-corrected chi connectivity index (χ1v) is 10.1. The molecule has 1 saturated heterocycles. The van der Waals surface area contributed by atoms with Crippen molar-refractivity contribution in [1.82, 2.24) is 4.90 Å². The highest BCUT2D eigenvalue weighted by atomic mass is 15.2. The lowest BCUT2D eigenvalue weighted by atomic mass is 9.80. The molecule has 0 saturated carbocycles. The first-order valence-electron chi connectivity index (χ1n) is 10.1. The standard InChI is InChI=1S/C20H42N2/c1-4-6-8-9-11-13-19(12-10-7-5-2)22-16-14-20(3,18-21)15-17-22/h19H,4-18,21H2,1-3H3. The SMILES string of the molecule is CCCCCCCC(CCCCC)N1CCC(C)(CN)CC1. The van der Waals surface area contributed by atoms with Crippen molar-refractivity contribution >= 4 is 0 Å². The molecule has 0 aromatic rings. The molecule has 0 aliphatic carbocycles. The van der Waals surface area contributed by atoms with Crippen molar-refractivity contribution in [2.75, 3.05) is 19.6 Å². The number of hydrogen-bond acceptors (Lipinski definition) is 2. The summed E-state index contributed by atoms with van der Waals surface area (Å²) in [5.41, 5.74) is 6.37. The van der Waals surface area contributed by atoms with E-state index in [0.29, 0.717) is 5.41 Å². The maximum absolute atomic E-state index is 5.97. The smallest absolute Gasteiger partial charge is 0.00952 e. The number of hydrogen-bond donors (Lipinski definition) is 1. The molecule has 132 valence electrons. The highest BCUT2D eigenvalue weighted by molar-refractivity contribution is 4.86. The molecule has 1 aliphatic heterocycles. The van der Waals surface area contributed by atoms with E-state index in [1.807, 2.05) is 0 Å². The lowest BCUT2D eigenvalue weighted by molar-refractivity contribution is 0.0779. The van der Waals surface area contributed by atoms with Crippen molar-refractivity contribution in [3.05, 3.63) is 0 Å². The van der Waals surface area contributed by atoms with Crippen LogP contribution < -0.4 is 5.73 Å². The summed E-state index contributed by atoms with van der Waals surface area (Å²) in [6.07, 6.45) is 16.7. The quantitative estimate of drug-likeness (QED) is 0.492. The summed E-state index contributed by atoms with van der Waals surface area (Å²) >= 11 is 0. The van der Waals surface area contributed by atoms with Crippen molar-refractivity contribution in [2.45, 2.75) is 104 Å². The zero-order valence-electron chi connectivity index (χ0n) is 15.7. The van der Waals surface area contributed by atoms with Crippen LogP contribution in [0.1, 0.15) is 97.8 Å². The predicted molar refractivity (Wildman–Crippen MR) is 99.3 cm³/mol. The summed E-state index contributed by atoms with van der Waals surface area (Å²) in [6.45, 7) is 10.4. The van der Waals surface area contributed by atoms with Crippen molar-refractivity contribution in [3.8, 4) is 0 Å². The van der Waals surface area contributed by atoms with Crippen LogP contribution in [0, 0.1) is 5.41 Å². The number of likely N-dealkylation sites (tertiary alicyclic amines) is 1. The normalized spacial score (nSPS) is 20.2. The molecule has 0 spiro atoms. The van der Waals surface area contributed by atoms with Gasteiger partial charge in [0.2, 0.25) is 0 Å². The molecule has 0 aromatic carbocycles. The first kappa shape index (κ1) is 20.0. The molecule has 1 atom stereocenters. The lowest BCUT2D eigenvalue weighted by Gasteiger charge is -2.42. The molecule has 0 amide bonds. The van der Waals surface area contributed by atoms with Gasteiger partial charge in [-0.2, -0.15) is 0 Å². The number of nitrogens with two attached hydrogens (primary N) is 1. The Balaban J connectivity index is 2.37. The third-order valence-corrected chi connectivity index (χ3v) is 5.80. The summed E-state index contributed by atoms with van der Waals surface area (Å²) in [5.74, 6) is 0. The molecule has 1 aliphatic rings. The van der Waals surface area contributed by atoms with E-state index in [-0.39, 0.29) is 0 Å². The largest absolute Gasteiger partial charge is 0.330 e. The van der Waals surface area contributed by atoms with Gasteiger partial charge in [-0.1, -0.05) is 72.1 Å². The van der Waals surface area contributed by atoms with Crippen LogP contribution in [0.4, 0.5) is 0 Å². The van der Waals surface area contributed by atoms with Gasteiger partial charge in [0, 0.05) is 6.04 Å². The van der Waals surface area contributed by atoms with Gasteiger partial charge in [0.15, 0.2) is 0 Å². The van der Waals surface area contributed by atoms with Gasteiger partial charge < -0.3 is 10.6 Å². The molecule has 22 heavy (non-hydrogen) atoms. The van der Waals surface area contributed by atoms with Gasteiger partial charge in [-0.25, -0.2) is 0 Å². The molecular formula is C20H42N2. The molecule has 0 aromatic heterocycles. The second-order valence-electron chi connectivity index (χ2n) is 7.90. The molecular weight excluding hydrogens is 268 g/mol. The van der Waals surface area contributed by atoms with E-state index in [0.717, 1.165) is 12.6 Å². The fourth-order valence-corrected chi connectivity index (χ4v) is 3.76. The summed E-state index contributed by atoms with van der Waals surface area (Å²) in [7, 11) is 0. The van der Waals surface area contributed by atoms with Crippen LogP contribution in [0.25, 0.3) is 0 Å². The van der Waals surface area contributed by atoms with Crippen molar-refractivity contribution in [2.24, 2.45) is 11.1 Å².